The third-order valence-electron chi connectivity index (χ3n) is 2.70. The predicted octanol–water partition coefficient (Wildman–Crippen LogP) is 1.91. The molecule has 2 nitrogen and oxygen atoms in total. The van der Waals surface area contributed by atoms with Gasteiger partial charge in [0.05, 0.1) is 7.11 Å². The summed E-state index contributed by atoms with van der Waals surface area (Å²) in [5.74, 6) is 0.767. The molecule has 0 bridgehead atoms. The summed E-state index contributed by atoms with van der Waals surface area (Å²) in [4.78, 5) is 0. The van der Waals surface area contributed by atoms with Crippen LogP contribution >= 0.6 is 0 Å². The van der Waals surface area contributed by atoms with Gasteiger partial charge >= 0.3 is 0 Å². The SMILES string of the molecule is COc1cccc(F)c1[C@H]1CCNC1. The van der Waals surface area contributed by atoms with E-state index in [1.165, 1.54) is 6.07 Å². The second kappa shape index (κ2) is 3.96. The van der Waals surface area contributed by atoms with Gasteiger partial charge in [-0.25, -0.2) is 4.39 Å². The second-order valence-electron chi connectivity index (χ2n) is 3.55. The van der Waals surface area contributed by atoms with E-state index in [0.29, 0.717) is 5.75 Å². The third kappa shape index (κ3) is 1.60. The molecule has 0 unspecified atom stereocenters. The smallest absolute Gasteiger partial charge is 0.130 e. The maximum absolute atomic E-state index is 13.6. The molecule has 0 radical (unpaired) electrons. The lowest BCUT2D eigenvalue weighted by Crippen LogP contribution is -2.09. The normalized spacial score (nSPS) is 21.1. The summed E-state index contributed by atoms with van der Waals surface area (Å²) in [5.41, 5.74) is 0.722. The van der Waals surface area contributed by atoms with Crippen LogP contribution in [0.5, 0.6) is 5.75 Å². The predicted molar refractivity (Wildman–Crippen MR) is 53.2 cm³/mol. The van der Waals surface area contributed by atoms with Crippen LogP contribution in [0.2, 0.25) is 0 Å². The van der Waals surface area contributed by atoms with Crippen molar-refractivity contribution in [1.29, 1.82) is 0 Å². The number of hydrogen-bond donors (Lipinski definition) is 1. The summed E-state index contributed by atoms with van der Waals surface area (Å²) in [7, 11) is 1.58. The summed E-state index contributed by atoms with van der Waals surface area (Å²) in [5, 5.41) is 3.23. The maximum Gasteiger partial charge on any atom is 0.130 e. The number of halogens is 1. The van der Waals surface area contributed by atoms with Crippen molar-refractivity contribution in [2.75, 3.05) is 20.2 Å². The molecule has 1 N–H and O–H groups in total. The average Bonchev–Trinajstić information content (AvgIpc) is 2.70. The van der Waals surface area contributed by atoms with Gasteiger partial charge in [0.25, 0.3) is 0 Å². The fraction of sp³-hybridized carbons (Fsp3) is 0.455. The second-order valence-corrected chi connectivity index (χ2v) is 3.55. The fourth-order valence-electron chi connectivity index (χ4n) is 1.99. The fourth-order valence-corrected chi connectivity index (χ4v) is 1.99. The zero-order valence-corrected chi connectivity index (χ0v) is 8.22. The number of nitrogens with one attached hydrogen (secondary N) is 1. The molecule has 0 aliphatic carbocycles. The summed E-state index contributed by atoms with van der Waals surface area (Å²) in [6.45, 7) is 1.81. The van der Waals surface area contributed by atoms with Crippen molar-refractivity contribution < 1.29 is 9.13 Å². The Morgan fingerprint density at radius 3 is 3.00 bits per heavy atom. The first-order valence-corrected chi connectivity index (χ1v) is 4.86. The molecule has 1 aromatic carbocycles. The molecular formula is C11H14FNO. The Kier molecular flexibility index (Phi) is 2.68. The number of rotatable bonds is 2. The van der Waals surface area contributed by atoms with Crippen molar-refractivity contribution in [3.63, 3.8) is 0 Å². The topological polar surface area (TPSA) is 21.3 Å². The van der Waals surface area contributed by atoms with Crippen molar-refractivity contribution in [3.8, 4) is 5.75 Å². The highest BCUT2D eigenvalue weighted by Gasteiger charge is 2.23. The Labute approximate surface area is 83.1 Å². The number of hydrogen-bond acceptors (Lipinski definition) is 2. The summed E-state index contributed by atoms with van der Waals surface area (Å²) < 4.78 is 18.8. The molecule has 76 valence electrons. The molecule has 1 aliphatic rings. The van der Waals surface area contributed by atoms with Crippen LogP contribution in [0.15, 0.2) is 18.2 Å². The van der Waals surface area contributed by atoms with Gasteiger partial charge in [-0.3, -0.25) is 0 Å². The minimum absolute atomic E-state index is 0.155. The van der Waals surface area contributed by atoms with Crippen LogP contribution in [0.1, 0.15) is 17.9 Å². The summed E-state index contributed by atoms with van der Waals surface area (Å²) >= 11 is 0. The van der Waals surface area contributed by atoms with Crippen LogP contribution in [0.4, 0.5) is 4.39 Å². The van der Waals surface area contributed by atoms with Crippen LogP contribution in [-0.4, -0.2) is 20.2 Å². The Bertz CT molecular complexity index is 321. The molecule has 1 aromatic rings. The van der Waals surface area contributed by atoms with E-state index < -0.39 is 0 Å². The van der Waals surface area contributed by atoms with Crippen LogP contribution < -0.4 is 10.1 Å². The Morgan fingerprint density at radius 1 is 1.50 bits per heavy atom. The molecule has 1 saturated heterocycles. The monoisotopic (exact) mass is 195 g/mol. The van der Waals surface area contributed by atoms with E-state index in [-0.39, 0.29) is 11.7 Å². The average molecular weight is 195 g/mol. The van der Waals surface area contributed by atoms with E-state index in [4.69, 9.17) is 4.74 Å². The zero-order valence-electron chi connectivity index (χ0n) is 8.22. The van der Waals surface area contributed by atoms with Gasteiger partial charge in [-0.05, 0) is 25.1 Å². The van der Waals surface area contributed by atoms with Crippen LogP contribution in [0, 0.1) is 5.82 Å². The molecule has 0 saturated carbocycles. The van der Waals surface area contributed by atoms with E-state index in [9.17, 15) is 4.39 Å². The van der Waals surface area contributed by atoms with Crippen molar-refractivity contribution in [2.24, 2.45) is 0 Å². The lowest BCUT2D eigenvalue weighted by molar-refractivity contribution is 0.400. The first-order valence-electron chi connectivity index (χ1n) is 4.86. The summed E-state index contributed by atoms with van der Waals surface area (Å²) in [6.07, 6.45) is 0.983. The molecule has 0 spiro atoms. The van der Waals surface area contributed by atoms with E-state index >= 15 is 0 Å². The van der Waals surface area contributed by atoms with Gasteiger partial charge in [-0.2, -0.15) is 0 Å². The molecule has 3 heteroatoms. The van der Waals surface area contributed by atoms with E-state index in [2.05, 4.69) is 5.32 Å². The van der Waals surface area contributed by atoms with Gasteiger partial charge in [0, 0.05) is 18.0 Å². The molecule has 2 rings (SSSR count). The first-order chi connectivity index (χ1) is 6.83. The zero-order chi connectivity index (χ0) is 9.97. The van der Waals surface area contributed by atoms with E-state index in [1.807, 2.05) is 6.07 Å². The van der Waals surface area contributed by atoms with Crippen LogP contribution in [-0.2, 0) is 0 Å². The lowest BCUT2D eigenvalue weighted by atomic mass is 9.97. The van der Waals surface area contributed by atoms with Crippen LogP contribution in [0.3, 0.4) is 0 Å². The molecule has 1 aliphatic heterocycles. The van der Waals surface area contributed by atoms with Gasteiger partial charge in [0.15, 0.2) is 0 Å². The molecular weight excluding hydrogens is 181 g/mol. The number of benzene rings is 1. The molecule has 0 amide bonds. The maximum atomic E-state index is 13.6. The highest BCUT2D eigenvalue weighted by atomic mass is 19.1. The minimum Gasteiger partial charge on any atom is -0.496 e. The largest absolute Gasteiger partial charge is 0.496 e. The standard InChI is InChI=1S/C11H14FNO/c1-14-10-4-2-3-9(12)11(10)8-5-6-13-7-8/h2-4,8,13H,5-7H2,1H3/t8-/m0/s1. The summed E-state index contributed by atoms with van der Waals surface area (Å²) in [6, 6.07) is 4.99. The molecule has 0 aromatic heterocycles. The molecule has 1 fully saturated rings. The van der Waals surface area contributed by atoms with Crippen molar-refractivity contribution in [2.45, 2.75) is 12.3 Å². The molecule has 14 heavy (non-hydrogen) atoms. The van der Waals surface area contributed by atoms with Crippen LogP contribution in [0.25, 0.3) is 0 Å². The number of ether oxygens (including phenoxy) is 1. The third-order valence-corrected chi connectivity index (χ3v) is 2.70. The highest BCUT2D eigenvalue weighted by molar-refractivity contribution is 5.38. The Morgan fingerprint density at radius 2 is 2.36 bits per heavy atom. The molecule has 1 heterocycles. The van der Waals surface area contributed by atoms with Crippen molar-refractivity contribution in [3.05, 3.63) is 29.6 Å². The van der Waals surface area contributed by atoms with Crippen molar-refractivity contribution >= 4 is 0 Å². The highest BCUT2D eigenvalue weighted by Crippen LogP contribution is 2.32. The van der Waals surface area contributed by atoms with E-state index in [1.54, 1.807) is 13.2 Å². The van der Waals surface area contributed by atoms with Gasteiger partial charge in [0.1, 0.15) is 11.6 Å². The molecule has 1 atom stereocenters. The van der Waals surface area contributed by atoms with Gasteiger partial charge in [0.2, 0.25) is 0 Å². The Balaban J connectivity index is 2.37. The lowest BCUT2D eigenvalue weighted by Gasteiger charge is -2.14. The first kappa shape index (κ1) is 9.46. The van der Waals surface area contributed by atoms with Crippen molar-refractivity contribution in [1.82, 2.24) is 5.32 Å². The minimum atomic E-state index is -0.155. The van der Waals surface area contributed by atoms with Gasteiger partial charge in [-0.1, -0.05) is 6.07 Å². The Hall–Kier alpha value is -1.09. The number of methoxy groups -OCH3 is 1. The van der Waals surface area contributed by atoms with Gasteiger partial charge in [-0.15, -0.1) is 0 Å². The quantitative estimate of drug-likeness (QED) is 0.778. The van der Waals surface area contributed by atoms with Gasteiger partial charge < -0.3 is 10.1 Å². The van der Waals surface area contributed by atoms with E-state index in [0.717, 1.165) is 25.1 Å².